The lowest BCUT2D eigenvalue weighted by atomic mass is 9.74. The molecular formula is C52H82ClN3O14S. The van der Waals surface area contributed by atoms with Crippen molar-refractivity contribution in [2.24, 2.45) is 17.8 Å². The van der Waals surface area contributed by atoms with E-state index in [1.165, 1.54) is 56.5 Å². The van der Waals surface area contributed by atoms with Gasteiger partial charge in [-0.05, 0) is 122 Å². The summed E-state index contributed by atoms with van der Waals surface area (Å²) in [5.74, 6) is -3.18. The van der Waals surface area contributed by atoms with Crippen molar-refractivity contribution in [1.29, 1.82) is 0 Å². The van der Waals surface area contributed by atoms with Gasteiger partial charge in [0.05, 0.1) is 46.9 Å². The zero-order chi connectivity index (χ0) is 52.6. The monoisotopic (exact) mass is 1040 g/mol. The third-order valence-corrected chi connectivity index (χ3v) is 18.3. The van der Waals surface area contributed by atoms with E-state index >= 15 is 0 Å². The normalized spacial score (nSPS) is 41.6. The maximum atomic E-state index is 14.6. The Hall–Kier alpha value is -2.37. The molecule has 0 aliphatic carbocycles. The van der Waals surface area contributed by atoms with Gasteiger partial charge in [0.1, 0.15) is 35.1 Å². The molecule has 4 aliphatic heterocycles. The molecule has 0 radical (unpaired) electrons. The predicted octanol–water partition coefficient (Wildman–Crippen LogP) is 4.40. The minimum absolute atomic E-state index is 0.0127. The Balaban J connectivity index is 1.37. The number of ether oxygens (including phenoxy) is 6. The van der Waals surface area contributed by atoms with Crippen LogP contribution in [0.4, 0.5) is 0 Å². The number of sulfonamides is 1. The van der Waals surface area contributed by atoms with E-state index in [4.69, 9.17) is 40.0 Å². The van der Waals surface area contributed by atoms with Gasteiger partial charge in [-0.15, -0.1) is 0 Å². The number of methoxy groups -OCH3 is 1. The molecule has 4 heterocycles. The molecular weight excluding hydrogens is 958 g/mol. The highest BCUT2D eigenvalue weighted by molar-refractivity contribution is 7.89. The summed E-state index contributed by atoms with van der Waals surface area (Å²) in [4.78, 5) is 16.8. The molecule has 2 aromatic carbocycles. The molecule has 3 saturated heterocycles. The van der Waals surface area contributed by atoms with Gasteiger partial charge in [0, 0.05) is 57.2 Å². The van der Waals surface area contributed by atoms with Crippen molar-refractivity contribution in [2.45, 2.75) is 203 Å². The topological polar surface area (TPSA) is 226 Å². The van der Waals surface area contributed by atoms with Crippen LogP contribution in [0.25, 0.3) is 0 Å². The molecule has 0 bridgehead atoms. The zero-order valence-electron chi connectivity index (χ0n) is 43.7. The molecule has 2 aromatic rings. The second-order valence-corrected chi connectivity index (χ2v) is 24.2. The summed E-state index contributed by atoms with van der Waals surface area (Å²) in [7, 11) is -1.25. The summed E-state index contributed by atoms with van der Waals surface area (Å²) >= 11 is 6.09. The lowest BCUT2D eigenvalue weighted by Crippen LogP contribution is -2.70. The van der Waals surface area contributed by atoms with Crippen LogP contribution in [0.3, 0.4) is 0 Å². The van der Waals surface area contributed by atoms with Crippen molar-refractivity contribution < 1.29 is 67.2 Å². The molecule has 402 valence electrons. The molecule has 3 fully saturated rings. The molecule has 19 heteroatoms. The van der Waals surface area contributed by atoms with E-state index in [-0.39, 0.29) is 49.6 Å². The number of aliphatic hydroxyl groups is 5. The molecule has 6 rings (SSSR count). The fourth-order valence-corrected chi connectivity index (χ4v) is 13.1. The molecule has 17 nitrogen and oxygen atoms in total. The van der Waals surface area contributed by atoms with Crippen molar-refractivity contribution in [3.05, 3.63) is 64.7 Å². The van der Waals surface area contributed by atoms with Crippen molar-refractivity contribution >= 4 is 27.6 Å². The van der Waals surface area contributed by atoms with E-state index in [0.29, 0.717) is 11.6 Å². The Bertz CT molecular complexity index is 2210. The average Bonchev–Trinajstić information content (AvgIpc) is 3.32. The Morgan fingerprint density at radius 3 is 2.21 bits per heavy atom. The maximum Gasteiger partial charge on any atom is 0.311 e. The van der Waals surface area contributed by atoms with Gasteiger partial charge in [0.15, 0.2) is 12.6 Å². The number of benzene rings is 2. The number of rotatable bonds is 11. The number of β-amino-alcohol motifs (C(OH)–C–C–N with tert-alkyl or cyclic N) is 1. The van der Waals surface area contributed by atoms with Gasteiger partial charge in [-0.3, -0.25) is 9.69 Å². The highest BCUT2D eigenvalue weighted by Crippen LogP contribution is 2.44. The van der Waals surface area contributed by atoms with Crippen LogP contribution in [-0.4, -0.2) is 173 Å². The highest BCUT2D eigenvalue weighted by atomic mass is 35.5. The van der Waals surface area contributed by atoms with Crippen molar-refractivity contribution in [1.82, 2.24) is 14.5 Å². The SMILES string of the molecule is CC[C@H]1OC(=O)[C@H](C)[C@@H](O[C@H]2C[C@@](C)(OC)[C@](O)(CN3CCc4ccccc4C3)[C@H](C)O2)[C@H](C)[C@@H](O[C@@H]2O[C@H](C)C[C@H](N(C)S(=O)(=O)c3ccc(Cl)cc3)[C@H]2O)[C@](C)(O)C[C@@H](C)CN[C@H](C)[C@@H](O)[C@]1(C)O. The van der Waals surface area contributed by atoms with E-state index < -0.39 is 118 Å². The van der Waals surface area contributed by atoms with Crippen LogP contribution in [0.5, 0.6) is 0 Å². The molecule has 0 unspecified atom stereocenters. The first-order valence-corrected chi connectivity index (χ1v) is 27.1. The van der Waals surface area contributed by atoms with Crippen LogP contribution >= 0.6 is 11.6 Å². The number of hydrogen-bond donors (Lipinski definition) is 6. The number of fused-ring (bicyclic) bond motifs is 1. The van der Waals surface area contributed by atoms with Crippen LogP contribution in [0.2, 0.25) is 5.02 Å². The number of halogens is 1. The molecule has 4 aliphatic rings. The van der Waals surface area contributed by atoms with Crippen LogP contribution in [-0.2, 0) is 56.2 Å². The molecule has 0 aromatic heterocycles. The first-order valence-electron chi connectivity index (χ1n) is 25.3. The maximum absolute atomic E-state index is 14.6. The van der Waals surface area contributed by atoms with E-state index in [0.717, 1.165) is 17.3 Å². The quantitative estimate of drug-likeness (QED) is 0.172. The third-order valence-electron chi connectivity index (χ3n) is 16.2. The molecule has 71 heavy (non-hydrogen) atoms. The first kappa shape index (κ1) is 57.9. The van der Waals surface area contributed by atoms with Gasteiger partial charge in [-0.25, -0.2) is 8.42 Å². The van der Waals surface area contributed by atoms with Crippen molar-refractivity contribution in [3.8, 4) is 0 Å². The number of aliphatic hydroxyl groups excluding tert-OH is 2. The van der Waals surface area contributed by atoms with Crippen molar-refractivity contribution in [2.75, 3.05) is 33.8 Å². The number of carbonyl (C=O) groups is 1. The van der Waals surface area contributed by atoms with E-state index in [1.54, 1.807) is 48.5 Å². The van der Waals surface area contributed by atoms with Gasteiger partial charge >= 0.3 is 5.97 Å². The fourth-order valence-electron chi connectivity index (χ4n) is 11.5. The van der Waals surface area contributed by atoms with Crippen LogP contribution in [0, 0.1) is 17.8 Å². The summed E-state index contributed by atoms with van der Waals surface area (Å²) < 4.78 is 68.1. The first-order chi connectivity index (χ1) is 33.1. The summed E-state index contributed by atoms with van der Waals surface area (Å²) in [6.45, 7) is 18.9. The summed E-state index contributed by atoms with van der Waals surface area (Å²) in [5.41, 5.74) is -3.97. The molecule has 0 spiro atoms. The summed E-state index contributed by atoms with van der Waals surface area (Å²) in [5, 5.41) is 64.7. The molecule has 18 atom stereocenters. The number of likely N-dealkylation sites (N-methyl/N-ethyl adjacent to an activating group) is 1. The summed E-state index contributed by atoms with van der Waals surface area (Å²) in [6.07, 6.45) is -9.49. The number of esters is 1. The Kier molecular flexibility index (Phi) is 18.6. The van der Waals surface area contributed by atoms with Crippen LogP contribution < -0.4 is 5.32 Å². The van der Waals surface area contributed by atoms with Crippen molar-refractivity contribution in [3.63, 3.8) is 0 Å². The van der Waals surface area contributed by atoms with Crippen LogP contribution in [0.1, 0.15) is 106 Å². The van der Waals surface area contributed by atoms with Gasteiger partial charge < -0.3 is 59.3 Å². The number of nitrogens with one attached hydrogen (secondary N) is 1. The average molecular weight is 1040 g/mol. The Morgan fingerprint density at radius 1 is 0.930 bits per heavy atom. The molecule has 0 saturated carbocycles. The smallest absolute Gasteiger partial charge is 0.311 e. The number of hydrogen-bond acceptors (Lipinski definition) is 16. The minimum atomic E-state index is -4.16. The summed E-state index contributed by atoms with van der Waals surface area (Å²) in [6, 6.07) is 12.3. The molecule has 6 N–H and O–H groups in total. The fraction of sp³-hybridized carbons (Fsp3) is 0.750. The largest absolute Gasteiger partial charge is 0.459 e. The number of carbonyl (C=O) groups excluding carboxylic acids is 1. The highest BCUT2D eigenvalue weighted by Gasteiger charge is 2.59. The second kappa shape index (κ2) is 22.8. The van der Waals surface area contributed by atoms with E-state index in [9.17, 15) is 38.7 Å². The number of cyclic esters (lactones) is 1. The van der Waals surface area contributed by atoms with Crippen LogP contribution in [0.15, 0.2) is 53.4 Å². The lowest BCUT2D eigenvalue weighted by Gasteiger charge is -2.55. The van der Waals surface area contributed by atoms with E-state index in [1.807, 2.05) is 26.0 Å². The number of nitrogens with zero attached hydrogens (tertiary/aromatic N) is 2. The minimum Gasteiger partial charge on any atom is -0.459 e. The van der Waals surface area contributed by atoms with Gasteiger partial charge in [-0.2, -0.15) is 4.31 Å². The standard InChI is InChI=1S/C52H82ClN3O14S/c1-13-41-51(10,61)45(58)34(6)54-27-30(2)25-49(8,60)46(70-48-43(57)40(24-31(3)66-48)55(11)71(63,64)39-20-18-38(53)19-21-39)32(4)44(33(5)47(59)68-41)69-42-26-50(9,65-12)52(62,35(7)67-42)29-56-23-22-36-16-14-15-17-37(36)28-56/h14-21,30-35,40-46,48,54,57-58,60-62H,13,22-29H2,1-12H3/t30-,31-,32+,33-,34-,35+,40+,41-,42+,43-,44+,45-,46-,48+,49-,50-,51-,52+/m1/s1. The van der Waals surface area contributed by atoms with E-state index in [2.05, 4.69) is 22.3 Å². The van der Waals surface area contributed by atoms with Gasteiger partial charge in [-0.1, -0.05) is 56.6 Å². The third kappa shape index (κ3) is 12.3. The Labute approximate surface area is 426 Å². The zero-order valence-corrected chi connectivity index (χ0v) is 45.2. The predicted molar refractivity (Wildman–Crippen MR) is 267 cm³/mol. The second-order valence-electron chi connectivity index (χ2n) is 21.8. The van der Waals surface area contributed by atoms with Gasteiger partial charge in [0.25, 0.3) is 0 Å². The lowest BCUT2D eigenvalue weighted by molar-refractivity contribution is -0.339. The molecule has 0 amide bonds. The van der Waals surface area contributed by atoms with Gasteiger partial charge in [0.2, 0.25) is 10.0 Å². The Morgan fingerprint density at radius 2 is 1.58 bits per heavy atom.